The van der Waals surface area contributed by atoms with Crippen LogP contribution in [0.15, 0.2) is 24.4 Å². The van der Waals surface area contributed by atoms with Gasteiger partial charge in [0.1, 0.15) is 11.4 Å². The van der Waals surface area contributed by atoms with Crippen LogP contribution in [0.2, 0.25) is 0 Å². The van der Waals surface area contributed by atoms with E-state index in [-0.39, 0.29) is 17.7 Å². The molecule has 0 aromatic carbocycles. The highest BCUT2D eigenvalue weighted by molar-refractivity contribution is 5.88. The van der Waals surface area contributed by atoms with Gasteiger partial charge in [-0.2, -0.15) is 0 Å². The maximum Gasteiger partial charge on any atom is 0.323 e. The standard InChI is InChI=1S/C15H21N3O3/c1-12-9-18(10-15(21-12)6-4-8-20-11-15)14(19)17-13-5-2-3-7-16-13/h2-3,5,7,12H,4,6,8-11H2,1H3,(H,16,17,19)/t12-,15+/m1/s1. The van der Waals surface area contributed by atoms with Gasteiger partial charge in [0, 0.05) is 19.3 Å². The number of nitrogens with zero attached hydrogens (tertiary/aromatic N) is 2. The Bertz CT molecular complexity index is 488. The highest BCUT2D eigenvalue weighted by atomic mass is 16.6. The fourth-order valence-corrected chi connectivity index (χ4v) is 3.05. The summed E-state index contributed by atoms with van der Waals surface area (Å²) >= 11 is 0. The maximum absolute atomic E-state index is 12.4. The maximum atomic E-state index is 12.4. The van der Waals surface area contributed by atoms with Crippen LogP contribution in [-0.4, -0.2) is 53.9 Å². The molecule has 3 heterocycles. The SMILES string of the molecule is C[C@@H]1CN(C(=O)Nc2ccccn2)C[C@]2(CCCOC2)O1. The van der Waals surface area contributed by atoms with Crippen molar-refractivity contribution in [3.63, 3.8) is 0 Å². The molecular weight excluding hydrogens is 270 g/mol. The predicted octanol–water partition coefficient (Wildman–Crippen LogP) is 1.88. The van der Waals surface area contributed by atoms with Gasteiger partial charge in [0.15, 0.2) is 0 Å². The van der Waals surface area contributed by atoms with Crippen LogP contribution in [0.5, 0.6) is 0 Å². The molecule has 1 aromatic heterocycles. The highest BCUT2D eigenvalue weighted by Crippen LogP contribution is 2.30. The molecule has 2 atom stereocenters. The summed E-state index contributed by atoms with van der Waals surface area (Å²) in [6, 6.07) is 5.32. The summed E-state index contributed by atoms with van der Waals surface area (Å²) in [4.78, 5) is 18.3. The molecule has 3 rings (SSSR count). The van der Waals surface area contributed by atoms with Crippen molar-refractivity contribution in [3.8, 4) is 0 Å². The minimum absolute atomic E-state index is 0.00920. The number of anilines is 1. The van der Waals surface area contributed by atoms with Crippen LogP contribution in [0.25, 0.3) is 0 Å². The molecule has 6 heteroatoms. The second-order valence-corrected chi connectivity index (χ2v) is 5.79. The number of hydrogen-bond acceptors (Lipinski definition) is 4. The minimum Gasteiger partial charge on any atom is -0.378 e. The van der Waals surface area contributed by atoms with E-state index in [9.17, 15) is 4.79 Å². The zero-order valence-electron chi connectivity index (χ0n) is 12.2. The lowest BCUT2D eigenvalue weighted by Gasteiger charge is -2.47. The number of amides is 2. The molecule has 1 N–H and O–H groups in total. The van der Waals surface area contributed by atoms with Crippen molar-refractivity contribution in [2.45, 2.75) is 31.5 Å². The lowest BCUT2D eigenvalue weighted by molar-refractivity contribution is -0.187. The molecule has 1 aromatic rings. The molecule has 6 nitrogen and oxygen atoms in total. The highest BCUT2D eigenvalue weighted by Gasteiger charge is 2.42. The molecule has 1 spiro atoms. The van der Waals surface area contributed by atoms with E-state index in [0.717, 1.165) is 19.4 Å². The average molecular weight is 291 g/mol. The number of urea groups is 1. The molecule has 21 heavy (non-hydrogen) atoms. The van der Waals surface area contributed by atoms with Gasteiger partial charge in [-0.05, 0) is 31.9 Å². The molecule has 2 aliphatic rings. The number of rotatable bonds is 1. The quantitative estimate of drug-likeness (QED) is 0.858. The van der Waals surface area contributed by atoms with Crippen LogP contribution in [0, 0.1) is 0 Å². The van der Waals surface area contributed by atoms with E-state index in [2.05, 4.69) is 10.3 Å². The van der Waals surface area contributed by atoms with Gasteiger partial charge in [-0.25, -0.2) is 9.78 Å². The largest absolute Gasteiger partial charge is 0.378 e. The Balaban J connectivity index is 1.67. The third-order valence-electron chi connectivity index (χ3n) is 3.88. The van der Waals surface area contributed by atoms with Crippen molar-refractivity contribution in [2.75, 3.05) is 31.6 Å². The Kier molecular flexibility index (Phi) is 4.07. The van der Waals surface area contributed by atoms with Crippen molar-refractivity contribution < 1.29 is 14.3 Å². The molecule has 2 aliphatic heterocycles. The number of carbonyl (C=O) groups excluding carboxylic acids is 1. The first-order valence-corrected chi connectivity index (χ1v) is 7.39. The van der Waals surface area contributed by atoms with Crippen LogP contribution < -0.4 is 5.32 Å². The van der Waals surface area contributed by atoms with Crippen molar-refractivity contribution in [3.05, 3.63) is 24.4 Å². The van der Waals surface area contributed by atoms with Crippen molar-refractivity contribution in [1.29, 1.82) is 0 Å². The molecule has 0 saturated carbocycles. The van der Waals surface area contributed by atoms with Crippen molar-refractivity contribution >= 4 is 11.8 Å². The summed E-state index contributed by atoms with van der Waals surface area (Å²) in [6.45, 7) is 4.48. The summed E-state index contributed by atoms with van der Waals surface area (Å²) in [7, 11) is 0. The number of pyridine rings is 1. The third-order valence-corrected chi connectivity index (χ3v) is 3.88. The van der Waals surface area contributed by atoms with Crippen LogP contribution in [0.4, 0.5) is 10.6 Å². The molecule has 114 valence electrons. The number of hydrogen-bond donors (Lipinski definition) is 1. The Hall–Kier alpha value is -1.66. The van der Waals surface area contributed by atoms with Gasteiger partial charge in [0.25, 0.3) is 0 Å². The first-order valence-electron chi connectivity index (χ1n) is 7.39. The van der Waals surface area contributed by atoms with Crippen molar-refractivity contribution in [2.24, 2.45) is 0 Å². The molecule has 2 fully saturated rings. The first-order chi connectivity index (χ1) is 10.2. The zero-order valence-corrected chi connectivity index (χ0v) is 12.2. The summed E-state index contributed by atoms with van der Waals surface area (Å²) in [5.74, 6) is 0.565. The normalized spacial score (nSPS) is 29.4. The molecule has 0 aliphatic carbocycles. The molecule has 0 radical (unpaired) electrons. The number of aromatic nitrogens is 1. The van der Waals surface area contributed by atoms with Gasteiger partial charge in [-0.3, -0.25) is 5.32 Å². The lowest BCUT2D eigenvalue weighted by atomic mass is 9.93. The van der Waals surface area contributed by atoms with Crippen LogP contribution >= 0.6 is 0 Å². The predicted molar refractivity (Wildman–Crippen MR) is 78.2 cm³/mol. The Labute approximate surface area is 124 Å². The molecule has 0 bridgehead atoms. The average Bonchev–Trinajstić information content (AvgIpc) is 2.48. The Morgan fingerprint density at radius 1 is 1.52 bits per heavy atom. The fraction of sp³-hybridized carbons (Fsp3) is 0.600. The summed E-state index contributed by atoms with van der Waals surface area (Å²) in [5, 5.41) is 2.83. The molecule has 2 saturated heterocycles. The molecule has 2 amide bonds. The second-order valence-electron chi connectivity index (χ2n) is 5.79. The van der Waals surface area contributed by atoms with E-state index >= 15 is 0 Å². The van der Waals surface area contributed by atoms with Gasteiger partial charge in [-0.1, -0.05) is 6.07 Å². The summed E-state index contributed by atoms with van der Waals surface area (Å²) in [5.41, 5.74) is -0.350. The Morgan fingerprint density at radius 2 is 2.43 bits per heavy atom. The van der Waals surface area contributed by atoms with E-state index in [1.807, 2.05) is 19.1 Å². The summed E-state index contributed by atoms with van der Waals surface area (Å²) in [6.07, 6.45) is 3.58. The van der Waals surface area contributed by atoms with E-state index in [0.29, 0.717) is 25.5 Å². The number of nitrogens with one attached hydrogen (secondary N) is 1. The zero-order chi connectivity index (χ0) is 14.7. The van der Waals surface area contributed by atoms with E-state index in [1.54, 1.807) is 17.2 Å². The van der Waals surface area contributed by atoms with Crippen LogP contribution in [-0.2, 0) is 9.47 Å². The topological polar surface area (TPSA) is 63.7 Å². The first kappa shape index (κ1) is 14.3. The third kappa shape index (κ3) is 3.33. The molecular formula is C15H21N3O3. The lowest BCUT2D eigenvalue weighted by Crippen LogP contribution is -2.60. The van der Waals surface area contributed by atoms with E-state index in [1.165, 1.54) is 0 Å². The second kappa shape index (κ2) is 5.99. The van der Waals surface area contributed by atoms with Crippen molar-refractivity contribution in [1.82, 2.24) is 9.88 Å². The van der Waals surface area contributed by atoms with Crippen LogP contribution in [0.3, 0.4) is 0 Å². The van der Waals surface area contributed by atoms with E-state index in [4.69, 9.17) is 9.47 Å². The van der Waals surface area contributed by atoms with Gasteiger partial charge >= 0.3 is 6.03 Å². The monoisotopic (exact) mass is 291 g/mol. The van der Waals surface area contributed by atoms with Crippen LogP contribution in [0.1, 0.15) is 19.8 Å². The van der Waals surface area contributed by atoms with Gasteiger partial charge < -0.3 is 14.4 Å². The summed E-state index contributed by atoms with van der Waals surface area (Å²) < 4.78 is 11.6. The Morgan fingerprint density at radius 3 is 3.14 bits per heavy atom. The fourth-order valence-electron chi connectivity index (χ4n) is 3.05. The van der Waals surface area contributed by atoms with Gasteiger partial charge in [0.05, 0.1) is 19.3 Å². The van der Waals surface area contributed by atoms with Gasteiger partial charge in [-0.15, -0.1) is 0 Å². The van der Waals surface area contributed by atoms with Gasteiger partial charge in [0.2, 0.25) is 0 Å². The number of ether oxygens (including phenoxy) is 2. The number of carbonyl (C=O) groups is 1. The minimum atomic E-state index is -0.350. The molecule has 0 unspecified atom stereocenters. The smallest absolute Gasteiger partial charge is 0.323 e. The number of morpholine rings is 1. The van der Waals surface area contributed by atoms with E-state index < -0.39 is 0 Å².